The van der Waals surface area contributed by atoms with Crippen LogP contribution in [0.5, 0.6) is 0 Å². The molecule has 128 valence electrons. The Bertz CT molecular complexity index is 842. The van der Waals surface area contributed by atoms with E-state index in [1.807, 2.05) is 0 Å². The molecule has 2 N–H and O–H groups in total. The second kappa shape index (κ2) is 6.72. The van der Waals surface area contributed by atoms with E-state index in [4.69, 9.17) is 0 Å². The van der Waals surface area contributed by atoms with Crippen molar-refractivity contribution in [3.63, 3.8) is 0 Å². The molecule has 0 bridgehead atoms. The van der Waals surface area contributed by atoms with Gasteiger partial charge in [-0.2, -0.15) is 0 Å². The Kier molecular flexibility index (Phi) is 4.47. The van der Waals surface area contributed by atoms with Gasteiger partial charge in [-0.15, -0.1) is 0 Å². The third kappa shape index (κ3) is 4.00. The summed E-state index contributed by atoms with van der Waals surface area (Å²) in [5.41, 5.74) is 1.87. The number of nitrogens with one attached hydrogen (secondary N) is 2. The summed E-state index contributed by atoms with van der Waals surface area (Å²) in [5.74, 6) is -0.261. The maximum absolute atomic E-state index is 12.3. The molecule has 0 spiro atoms. The number of anilines is 2. The summed E-state index contributed by atoms with van der Waals surface area (Å²) < 4.78 is 0. The molecule has 2 amide bonds. The first-order chi connectivity index (χ1) is 11.9. The van der Waals surface area contributed by atoms with Crippen LogP contribution in [0.2, 0.25) is 0 Å². The fourth-order valence-electron chi connectivity index (χ4n) is 2.38. The van der Waals surface area contributed by atoms with Gasteiger partial charge in [-0.05, 0) is 50.1 Å². The Morgan fingerprint density at radius 3 is 2.28 bits per heavy atom. The van der Waals surface area contributed by atoms with Crippen LogP contribution in [0, 0.1) is 23.0 Å². The lowest BCUT2D eigenvalue weighted by atomic mass is 10.1. The zero-order chi connectivity index (χ0) is 18.0. The van der Waals surface area contributed by atoms with Crippen LogP contribution in [0.1, 0.15) is 28.8 Å². The van der Waals surface area contributed by atoms with Crippen molar-refractivity contribution in [3.05, 3.63) is 63.7 Å². The minimum Gasteiger partial charge on any atom is -0.326 e. The molecule has 3 rings (SSSR count). The van der Waals surface area contributed by atoms with E-state index in [-0.39, 0.29) is 23.4 Å². The number of aryl methyl sites for hydroxylation is 1. The van der Waals surface area contributed by atoms with Gasteiger partial charge < -0.3 is 10.6 Å². The van der Waals surface area contributed by atoms with E-state index in [9.17, 15) is 19.7 Å². The topological polar surface area (TPSA) is 101 Å². The van der Waals surface area contributed by atoms with Crippen LogP contribution in [0.4, 0.5) is 17.1 Å². The quantitative estimate of drug-likeness (QED) is 0.643. The van der Waals surface area contributed by atoms with E-state index in [1.54, 1.807) is 43.3 Å². The molecule has 2 aromatic carbocycles. The molecule has 0 radical (unpaired) electrons. The number of hydrogen-bond acceptors (Lipinski definition) is 4. The van der Waals surface area contributed by atoms with Gasteiger partial charge in [-0.3, -0.25) is 19.7 Å². The third-order valence-corrected chi connectivity index (χ3v) is 4.03. The van der Waals surface area contributed by atoms with Gasteiger partial charge in [0.1, 0.15) is 0 Å². The zero-order valence-corrected chi connectivity index (χ0v) is 13.6. The molecular formula is C18H17N3O4. The molecule has 1 saturated carbocycles. The van der Waals surface area contributed by atoms with Gasteiger partial charge in [0, 0.05) is 34.5 Å². The van der Waals surface area contributed by atoms with E-state index in [1.165, 1.54) is 6.07 Å². The molecule has 7 nitrogen and oxygen atoms in total. The van der Waals surface area contributed by atoms with Crippen molar-refractivity contribution < 1.29 is 14.5 Å². The van der Waals surface area contributed by atoms with Crippen LogP contribution in [-0.2, 0) is 4.79 Å². The number of hydrogen-bond donors (Lipinski definition) is 2. The highest BCUT2D eigenvalue weighted by Gasteiger charge is 2.29. The summed E-state index contributed by atoms with van der Waals surface area (Å²) in [5, 5.41) is 16.4. The molecule has 0 saturated heterocycles. The van der Waals surface area contributed by atoms with E-state index in [0.717, 1.165) is 12.8 Å². The molecule has 1 fully saturated rings. The molecule has 0 heterocycles. The van der Waals surface area contributed by atoms with Crippen LogP contribution in [0.15, 0.2) is 42.5 Å². The van der Waals surface area contributed by atoms with Gasteiger partial charge in [0.2, 0.25) is 5.91 Å². The second-order valence-electron chi connectivity index (χ2n) is 6.05. The van der Waals surface area contributed by atoms with Crippen LogP contribution >= 0.6 is 0 Å². The molecule has 0 atom stereocenters. The van der Waals surface area contributed by atoms with Crippen molar-refractivity contribution >= 4 is 28.9 Å². The zero-order valence-electron chi connectivity index (χ0n) is 13.6. The number of amides is 2. The van der Waals surface area contributed by atoms with Crippen LogP contribution < -0.4 is 10.6 Å². The summed E-state index contributed by atoms with van der Waals surface area (Å²) in [7, 11) is 0. The van der Waals surface area contributed by atoms with Gasteiger partial charge in [-0.25, -0.2) is 0 Å². The van der Waals surface area contributed by atoms with E-state index >= 15 is 0 Å². The molecule has 1 aliphatic rings. The van der Waals surface area contributed by atoms with Crippen molar-refractivity contribution in [2.45, 2.75) is 19.8 Å². The van der Waals surface area contributed by atoms with Crippen molar-refractivity contribution in [2.75, 3.05) is 10.6 Å². The first kappa shape index (κ1) is 16.6. The first-order valence-corrected chi connectivity index (χ1v) is 7.91. The van der Waals surface area contributed by atoms with Gasteiger partial charge in [-0.1, -0.05) is 6.07 Å². The predicted octanol–water partition coefficient (Wildman–Crippen LogP) is 3.50. The number of nitro groups is 1. The predicted molar refractivity (Wildman–Crippen MR) is 93.6 cm³/mol. The number of nitro benzene ring substituents is 1. The molecular weight excluding hydrogens is 322 g/mol. The molecule has 1 aliphatic carbocycles. The van der Waals surface area contributed by atoms with Gasteiger partial charge in [0.15, 0.2) is 0 Å². The van der Waals surface area contributed by atoms with E-state index in [2.05, 4.69) is 10.6 Å². The second-order valence-corrected chi connectivity index (χ2v) is 6.05. The number of benzene rings is 2. The fraction of sp³-hybridized carbons (Fsp3) is 0.222. The maximum atomic E-state index is 12.3. The number of rotatable bonds is 5. The SMILES string of the molecule is Cc1ccc(NC(=O)c2ccc(NC(=O)C3CC3)cc2)cc1[N+](=O)[O-]. The molecule has 0 aliphatic heterocycles. The molecule has 25 heavy (non-hydrogen) atoms. The Labute approximate surface area is 144 Å². The summed E-state index contributed by atoms with van der Waals surface area (Å²) in [6.07, 6.45) is 1.85. The molecule has 2 aromatic rings. The Morgan fingerprint density at radius 2 is 1.68 bits per heavy atom. The maximum Gasteiger partial charge on any atom is 0.274 e. The average Bonchev–Trinajstić information content (AvgIpc) is 3.42. The number of nitrogens with zero attached hydrogens (tertiary/aromatic N) is 1. The Hall–Kier alpha value is -3.22. The largest absolute Gasteiger partial charge is 0.326 e. The molecule has 0 aromatic heterocycles. The third-order valence-electron chi connectivity index (χ3n) is 4.03. The molecule has 7 heteroatoms. The van der Waals surface area contributed by atoms with Crippen molar-refractivity contribution in [1.82, 2.24) is 0 Å². The summed E-state index contributed by atoms with van der Waals surface area (Å²) in [6.45, 7) is 1.64. The van der Waals surface area contributed by atoms with Crippen molar-refractivity contribution in [1.29, 1.82) is 0 Å². The fourth-order valence-corrected chi connectivity index (χ4v) is 2.38. The summed E-state index contributed by atoms with van der Waals surface area (Å²) in [6, 6.07) is 11.0. The highest BCUT2D eigenvalue weighted by molar-refractivity contribution is 6.05. The van der Waals surface area contributed by atoms with Crippen molar-refractivity contribution in [2.24, 2.45) is 5.92 Å². The smallest absolute Gasteiger partial charge is 0.274 e. The van der Waals surface area contributed by atoms with E-state index < -0.39 is 4.92 Å². The van der Waals surface area contributed by atoms with Crippen LogP contribution in [-0.4, -0.2) is 16.7 Å². The first-order valence-electron chi connectivity index (χ1n) is 7.91. The van der Waals surface area contributed by atoms with Crippen LogP contribution in [0.25, 0.3) is 0 Å². The Morgan fingerprint density at radius 1 is 1.04 bits per heavy atom. The average molecular weight is 339 g/mol. The minimum atomic E-state index is -0.484. The monoisotopic (exact) mass is 339 g/mol. The normalized spacial score (nSPS) is 13.2. The minimum absolute atomic E-state index is 0.00386. The number of carbonyl (C=O) groups excluding carboxylic acids is 2. The lowest BCUT2D eigenvalue weighted by Gasteiger charge is -2.08. The lowest BCUT2D eigenvalue weighted by Crippen LogP contribution is -2.14. The van der Waals surface area contributed by atoms with Gasteiger partial charge in [0.25, 0.3) is 11.6 Å². The Balaban J connectivity index is 1.67. The molecule has 0 unspecified atom stereocenters. The highest BCUT2D eigenvalue weighted by Crippen LogP contribution is 2.30. The standard InChI is InChI=1S/C18H17N3O4/c1-11-2-7-15(10-16(11)21(24)25)20-18(23)13-5-8-14(9-6-13)19-17(22)12-3-4-12/h2,5-10,12H,3-4H2,1H3,(H,19,22)(H,20,23). The highest BCUT2D eigenvalue weighted by atomic mass is 16.6. The summed E-state index contributed by atoms with van der Waals surface area (Å²) in [4.78, 5) is 34.4. The van der Waals surface area contributed by atoms with Crippen molar-refractivity contribution in [3.8, 4) is 0 Å². The number of carbonyl (C=O) groups is 2. The lowest BCUT2D eigenvalue weighted by molar-refractivity contribution is -0.385. The van der Waals surface area contributed by atoms with Crippen LogP contribution in [0.3, 0.4) is 0 Å². The van der Waals surface area contributed by atoms with Gasteiger partial charge in [0.05, 0.1) is 4.92 Å². The van der Waals surface area contributed by atoms with Gasteiger partial charge >= 0.3 is 0 Å². The summed E-state index contributed by atoms with van der Waals surface area (Å²) >= 11 is 0. The van der Waals surface area contributed by atoms with E-state index in [0.29, 0.717) is 22.5 Å².